The van der Waals surface area contributed by atoms with Gasteiger partial charge in [-0.1, -0.05) is 11.6 Å². The van der Waals surface area contributed by atoms with Crippen molar-refractivity contribution in [2.75, 3.05) is 6.61 Å². The zero-order valence-electron chi connectivity index (χ0n) is 15.8. The van der Waals surface area contributed by atoms with E-state index >= 15 is 0 Å². The van der Waals surface area contributed by atoms with Crippen molar-refractivity contribution in [3.8, 4) is 11.5 Å². The van der Waals surface area contributed by atoms with Gasteiger partial charge in [0.1, 0.15) is 23.0 Å². The predicted octanol–water partition coefficient (Wildman–Crippen LogP) is 5.43. The van der Waals surface area contributed by atoms with E-state index in [1.54, 1.807) is 55.5 Å². The molecular weight excluding hydrogens is 392 g/mol. The van der Waals surface area contributed by atoms with Gasteiger partial charge in [-0.3, -0.25) is 9.59 Å². The molecule has 0 saturated carbocycles. The summed E-state index contributed by atoms with van der Waals surface area (Å²) in [6.45, 7) is 3.48. The van der Waals surface area contributed by atoms with Crippen LogP contribution in [0.5, 0.6) is 11.5 Å². The fraction of sp³-hybridized carbons (Fsp3) is 0.130. The number of furan rings is 1. The average Bonchev–Trinajstić information content (AvgIpc) is 3.26. The van der Waals surface area contributed by atoms with Crippen LogP contribution in [0.3, 0.4) is 0 Å². The Bertz CT molecular complexity index is 1140. The van der Waals surface area contributed by atoms with Crippen molar-refractivity contribution >= 4 is 29.2 Å². The van der Waals surface area contributed by atoms with Gasteiger partial charge in [-0.25, -0.2) is 0 Å². The molecule has 0 unspecified atom stereocenters. The number of Topliss-reactive ketones (excluding diaryl/α,β-unsaturated/α-hetero) is 2. The van der Waals surface area contributed by atoms with Crippen LogP contribution in [0.1, 0.15) is 37.8 Å². The van der Waals surface area contributed by atoms with E-state index in [1.807, 2.05) is 13.0 Å². The molecule has 29 heavy (non-hydrogen) atoms. The first-order valence-electron chi connectivity index (χ1n) is 8.98. The van der Waals surface area contributed by atoms with Crippen LogP contribution in [0, 0.1) is 13.8 Å². The van der Waals surface area contributed by atoms with Crippen molar-refractivity contribution in [1.29, 1.82) is 0 Å². The van der Waals surface area contributed by atoms with Gasteiger partial charge in [0.05, 0.1) is 5.56 Å². The van der Waals surface area contributed by atoms with Gasteiger partial charge in [0.2, 0.25) is 5.78 Å². The summed E-state index contributed by atoms with van der Waals surface area (Å²) in [4.78, 5) is 24.9. The molecule has 0 amide bonds. The Morgan fingerprint density at radius 1 is 1.07 bits per heavy atom. The molecule has 0 N–H and O–H groups in total. The molecule has 5 nitrogen and oxygen atoms in total. The van der Waals surface area contributed by atoms with Gasteiger partial charge in [-0.2, -0.15) is 0 Å². The molecule has 4 rings (SSSR count). The summed E-state index contributed by atoms with van der Waals surface area (Å²) in [6, 6.07) is 13.5. The van der Waals surface area contributed by atoms with E-state index in [1.165, 1.54) is 0 Å². The first kappa shape index (κ1) is 19.0. The molecule has 2 aromatic carbocycles. The quantitative estimate of drug-likeness (QED) is 0.416. The number of halogens is 1. The van der Waals surface area contributed by atoms with Gasteiger partial charge in [0.25, 0.3) is 0 Å². The predicted molar refractivity (Wildman–Crippen MR) is 109 cm³/mol. The molecule has 0 aliphatic carbocycles. The lowest BCUT2D eigenvalue weighted by Gasteiger charge is -2.11. The molecule has 3 aromatic rings. The first-order chi connectivity index (χ1) is 13.9. The van der Waals surface area contributed by atoms with Crippen molar-refractivity contribution in [1.82, 2.24) is 0 Å². The summed E-state index contributed by atoms with van der Waals surface area (Å²) in [5.74, 6) is 1.99. The van der Waals surface area contributed by atoms with Gasteiger partial charge >= 0.3 is 0 Å². The molecule has 0 bridgehead atoms. The Hall–Kier alpha value is -3.31. The number of carbonyl (C=O) groups is 2. The Labute approximate surface area is 172 Å². The minimum Gasteiger partial charge on any atom is -0.485 e. The summed E-state index contributed by atoms with van der Waals surface area (Å²) >= 11 is 5.85. The standard InChI is InChI=1S/C23H17ClO5/c1-13-3-8-17(28-13)11-21-22(26)18-9-10-20(14(2)23(18)29-21)27-12-19(25)15-4-6-16(24)7-5-15/h3-11H,12H2,1-2H3/b21-11-. The number of hydrogen-bond donors (Lipinski definition) is 0. The highest BCUT2D eigenvalue weighted by atomic mass is 35.5. The average molecular weight is 409 g/mol. The van der Waals surface area contributed by atoms with Crippen molar-refractivity contribution < 1.29 is 23.5 Å². The molecule has 1 aromatic heterocycles. The van der Waals surface area contributed by atoms with E-state index in [9.17, 15) is 9.59 Å². The highest BCUT2D eigenvalue weighted by Gasteiger charge is 2.30. The van der Waals surface area contributed by atoms with E-state index in [2.05, 4.69) is 0 Å². The molecule has 6 heteroatoms. The second-order valence-electron chi connectivity index (χ2n) is 6.67. The minimum absolute atomic E-state index is 0.135. The van der Waals surface area contributed by atoms with Crippen LogP contribution in [-0.2, 0) is 0 Å². The van der Waals surface area contributed by atoms with Gasteiger partial charge in [-0.05, 0) is 62.4 Å². The van der Waals surface area contributed by atoms with Gasteiger partial charge in [-0.15, -0.1) is 0 Å². The molecule has 0 saturated heterocycles. The van der Waals surface area contributed by atoms with E-state index in [4.69, 9.17) is 25.5 Å². The first-order valence-corrected chi connectivity index (χ1v) is 9.36. The van der Waals surface area contributed by atoms with Crippen molar-refractivity contribution in [2.24, 2.45) is 0 Å². The number of carbonyl (C=O) groups excluding carboxylic acids is 2. The van der Waals surface area contributed by atoms with Crippen LogP contribution >= 0.6 is 11.6 Å². The molecule has 0 radical (unpaired) electrons. The molecule has 1 aliphatic heterocycles. The molecule has 146 valence electrons. The lowest BCUT2D eigenvalue weighted by atomic mass is 10.1. The Kier molecular flexibility index (Phi) is 4.99. The molecule has 0 fully saturated rings. The fourth-order valence-corrected chi connectivity index (χ4v) is 3.17. The summed E-state index contributed by atoms with van der Waals surface area (Å²) < 4.78 is 17.0. The second-order valence-corrected chi connectivity index (χ2v) is 7.11. The van der Waals surface area contributed by atoms with E-state index in [0.717, 1.165) is 5.76 Å². The number of hydrogen-bond acceptors (Lipinski definition) is 5. The molecule has 1 aliphatic rings. The van der Waals surface area contributed by atoms with Crippen LogP contribution < -0.4 is 9.47 Å². The number of ketones is 2. The van der Waals surface area contributed by atoms with E-state index < -0.39 is 0 Å². The number of rotatable bonds is 5. The second kappa shape index (κ2) is 7.60. The maximum absolute atomic E-state index is 12.6. The topological polar surface area (TPSA) is 65.7 Å². The van der Waals surface area contributed by atoms with Crippen molar-refractivity contribution in [3.63, 3.8) is 0 Å². The summed E-state index contributed by atoms with van der Waals surface area (Å²) in [7, 11) is 0. The number of allylic oxidation sites excluding steroid dienone is 1. The van der Waals surface area contributed by atoms with Gasteiger partial charge in [0.15, 0.2) is 18.1 Å². The van der Waals surface area contributed by atoms with Gasteiger partial charge in [0, 0.05) is 22.2 Å². The van der Waals surface area contributed by atoms with Crippen LogP contribution in [0.25, 0.3) is 6.08 Å². The molecule has 0 atom stereocenters. The van der Waals surface area contributed by atoms with Crippen LogP contribution in [0.15, 0.2) is 58.7 Å². The van der Waals surface area contributed by atoms with E-state index in [-0.39, 0.29) is 23.9 Å². The fourth-order valence-electron chi connectivity index (χ4n) is 3.05. The maximum Gasteiger partial charge on any atom is 0.232 e. The number of fused-ring (bicyclic) bond motifs is 1. The number of ether oxygens (including phenoxy) is 2. The molecular formula is C23H17ClO5. The lowest BCUT2D eigenvalue weighted by molar-refractivity contribution is 0.0920. The van der Waals surface area contributed by atoms with Crippen LogP contribution in [0.4, 0.5) is 0 Å². The minimum atomic E-state index is -0.221. The van der Waals surface area contributed by atoms with E-state index in [0.29, 0.717) is 39.0 Å². The van der Waals surface area contributed by atoms with Crippen LogP contribution in [-0.4, -0.2) is 18.2 Å². The molecule has 2 heterocycles. The number of aryl methyl sites for hydroxylation is 1. The molecule has 0 spiro atoms. The highest BCUT2D eigenvalue weighted by molar-refractivity contribution is 6.30. The third-order valence-corrected chi connectivity index (χ3v) is 4.85. The Morgan fingerprint density at radius 3 is 2.52 bits per heavy atom. The van der Waals surface area contributed by atoms with Gasteiger partial charge < -0.3 is 13.9 Å². The summed E-state index contributed by atoms with van der Waals surface area (Å²) in [5.41, 5.74) is 1.62. The smallest absolute Gasteiger partial charge is 0.232 e. The number of benzene rings is 2. The largest absolute Gasteiger partial charge is 0.485 e. The Morgan fingerprint density at radius 2 is 1.83 bits per heavy atom. The normalized spacial score (nSPS) is 14.0. The maximum atomic E-state index is 12.6. The zero-order valence-corrected chi connectivity index (χ0v) is 16.6. The summed E-state index contributed by atoms with van der Waals surface area (Å²) in [6.07, 6.45) is 1.57. The monoisotopic (exact) mass is 408 g/mol. The highest BCUT2D eigenvalue weighted by Crippen LogP contribution is 2.39. The Balaban J connectivity index is 1.52. The summed E-state index contributed by atoms with van der Waals surface area (Å²) in [5, 5.41) is 0.562. The SMILES string of the molecule is Cc1ccc(/C=C2\Oc3c(ccc(OCC(=O)c4ccc(Cl)cc4)c3C)C2=O)o1. The third-order valence-electron chi connectivity index (χ3n) is 4.60. The third kappa shape index (κ3) is 3.82. The zero-order chi connectivity index (χ0) is 20.5. The van der Waals surface area contributed by atoms with Crippen molar-refractivity contribution in [2.45, 2.75) is 13.8 Å². The van der Waals surface area contributed by atoms with Crippen molar-refractivity contribution in [3.05, 3.63) is 87.5 Å². The van der Waals surface area contributed by atoms with Crippen LogP contribution in [0.2, 0.25) is 5.02 Å². The lowest BCUT2D eigenvalue weighted by Crippen LogP contribution is -2.12.